The average molecular weight is 268 g/mol. The minimum absolute atomic E-state index is 0.288. The summed E-state index contributed by atoms with van der Waals surface area (Å²) >= 11 is 0. The number of halogens is 3. The maximum Gasteiger partial charge on any atom is 0.417 e. The summed E-state index contributed by atoms with van der Waals surface area (Å²) < 4.78 is 39.0. The first-order valence-electron chi connectivity index (χ1n) is 6.36. The third-order valence-corrected chi connectivity index (χ3v) is 3.76. The largest absolute Gasteiger partial charge is 0.417 e. The average Bonchev–Trinajstić information content (AvgIpc) is 2.89. The van der Waals surface area contributed by atoms with Crippen LogP contribution < -0.4 is 5.32 Å². The smallest absolute Gasteiger partial charge is 0.361 e. The number of H-pyrrole nitrogens is 1. The molecule has 0 unspecified atom stereocenters. The van der Waals surface area contributed by atoms with Gasteiger partial charge >= 0.3 is 6.18 Å². The zero-order valence-electron chi connectivity index (χ0n) is 10.5. The molecule has 2 aromatic rings. The van der Waals surface area contributed by atoms with Gasteiger partial charge in [0.05, 0.1) is 5.56 Å². The van der Waals surface area contributed by atoms with E-state index in [1.807, 2.05) is 0 Å². The molecular weight excluding hydrogens is 253 g/mol. The van der Waals surface area contributed by atoms with Crippen LogP contribution in [-0.2, 0) is 12.7 Å². The van der Waals surface area contributed by atoms with Crippen LogP contribution in [-0.4, -0.2) is 11.0 Å². The Hall–Kier alpha value is -1.49. The highest BCUT2D eigenvalue weighted by Gasteiger charge is 2.34. The van der Waals surface area contributed by atoms with Gasteiger partial charge < -0.3 is 10.3 Å². The topological polar surface area (TPSA) is 27.8 Å². The first kappa shape index (κ1) is 12.5. The standard InChI is InChI=1S/C14H15F3N2/c1-8-5-12(8)19-7-9-6-18-11-4-2-3-10(13(9)11)14(15,16)17/h2-4,6,8,12,18-19H,5,7H2,1H3/t8-,12-/m1/s1. The van der Waals surface area contributed by atoms with Crippen molar-refractivity contribution >= 4 is 10.9 Å². The number of alkyl halides is 3. The molecule has 2 N–H and O–H groups in total. The SMILES string of the molecule is C[C@@H]1C[C@H]1NCc1c[nH]c2cccc(C(F)(F)F)c12. The Balaban J connectivity index is 1.95. The highest BCUT2D eigenvalue weighted by Crippen LogP contribution is 2.36. The van der Waals surface area contributed by atoms with Gasteiger partial charge in [-0.15, -0.1) is 0 Å². The van der Waals surface area contributed by atoms with Gasteiger partial charge in [-0.05, 0) is 30.0 Å². The van der Waals surface area contributed by atoms with E-state index < -0.39 is 11.7 Å². The summed E-state index contributed by atoms with van der Waals surface area (Å²) in [5, 5.41) is 3.58. The minimum Gasteiger partial charge on any atom is -0.361 e. The number of hydrogen-bond donors (Lipinski definition) is 2. The van der Waals surface area contributed by atoms with Crippen molar-refractivity contribution < 1.29 is 13.2 Å². The monoisotopic (exact) mass is 268 g/mol. The van der Waals surface area contributed by atoms with E-state index in [0.29, 0.717) is 29.6 Å². The van der Waals surface area contributed by atoms with Crippen molar-refractivity contribution in [2.45, 2.75) is 32.1 Å². The number of aromatic nitrogens is 1. The molecule has 0 spiro atoms. The van der Waals surface area contributed by atoms with Crippen molar-refractivity contribution in [3.63, 3.8) is 0 Å². The Morgan fingerprint density at radius 1 is 1.37 bits per heavy atom. The lowest BCUT2D eigenvalue weighted by Crippen LogP contribution is -2.17. The Morgan fingerprint density at radius 2 is 2.11 bits per heavy atom. The Labute approximate surface area is 109 Å². The molecule has 1 saturated carbocycles. The zero-order chi connectivity index (χ0) is 13.6. The molecule has 0 saturated heterocycles. The van der Waals surface area contributed by atoms with Crippen LogP contribution in [0.2, 0.25) is 0 Å². The van der Waals surface area contributed by atoms with E-state index in [9.17, 15) is 13.2 Å². The van der Waals surface area contributed by atoms with Crippen molar-refractivity contribution in [2.24, 2.45) is 5.92 Å². The predicted molar refractivity (Wildman–Crippen MR) is 67.7 cm³/mol. The second kappa shape index (κ2) is 4.27. The summed E-state index contributed by atoms with van der Waals surface area (Å²) in [6.45, 7) is 2.61. The quantitative estimate of drug-likeness (QED) is 0.873. The molecule has 5 heteroatoms. The zero-order valence-corrected chi connectivity index (χ0v) is 10.5. The molecule has 2 atom stereocenters. The number of hydrogen-bond acceptors (Lipinski definition) is 1. The van der Waals surface area contributed by atoms with Crippen molar-refractivity contribution in [3.05, 3.63) is 35.5 Å². The summed E-state index contributed by atoms with van der Waals surface area (Å²) in [4.78, 5) is 2.92. The number of benzene rings is 1. The van der Waals surface area contributed by atoms with Gasteiger partial charge in [0.25, 0.3) is 0 Å². The molecule has 2 nitrogen and oxygen atoms in total. The third-order valence-electron chi connectivity index (χ3n) is 3.76. The summed E-state index contributed by atoms with van der Waals surface area (Å²) in [5.41, 5.74) is 0.657. The molecule has 1 heterocycles. The van der Waals surface area contributed by atoms with E-state index in [4.69, 9.17) is 0 Å². The normalized spacial score (nSPS) is 22.9. The van der Waals surface area contributed by atoms with E-state index in [1.165, 1.54) is 6.07 Å². The maximum absolute atomic E-state index is 13.0. The second-order valence-corrected chi connectivity index (χ2v) is 5.24. The van der Waals surface area contributed by atoms with Gasteiger partial charge in [0, 0.05) is 29.7 Å². The molecule has 1 fully saturated rings. The molecule has 1 aromatic heterocycles. The van der Waals surface area contributed by atoms with Crippen molar-refractivity contribution in [2.75, 3.05) is 0 Å². The van der Waals surface area contributed by atoms with Crippen LogP contribution in [0.15, 0.2) is 24.4 Å². The molecule has 0 amide bonds. The van der Waals surface area contributed by atoms with Gasteiger partial charge in [0.1, 0.15) is 0 Å². The molecule has 1 aliphatic rings. The summed E-state index contributed by atoms with van der Waals surface area (Å²) in [7, 11) is 0. The van der Waals surface area contributed by atoms with Gasteiger partial charge in [-0.2, -0.15) is 13.2 Å². The van der Waals surface area contributed by atoms with E-state index in [1.54, 1.807) is 12.3 Å². The van der Waals surface area contributed by atoms with Crippen LogP contribution in [0.25, 0.3) is 10.9 Å². The second-order valence-electron chi connectivity index (χ2n) is 5.24. The van der Waals surface area contributed by atoms with Crippen LogP contribution in [0.5, 0.6) is 0 Å². The molecule has 0 aliphatic heterocycles. The number of fused-ring (bicyclic) bond motifs is 1. The Morgan fingerprint density at radius 3 is 2.74 bits per heavy atom. The number of rotatable bonds is 3. The Kier molecular flexibility index (Phi) is 2.82. The number of nitrogens with one attached hydrogen (secondary N) is 2. The molecule has 19 heavy (non-hydrogen) atoms. The van der Waals surface area contributed by atoms with Gasteiger partial charge in [-0.3, -0.25) is 0 Å². The van der Waals surface area contributed by atoms with Crippen molar-refractivity contribution in [3.8, 4) is 0 Å². The fraction of sp³-hybridized carbons (Fsp3) is 0.429. The van der Waals surface area contributed by atoms with Crippen molar-refractivity contribution in [1.82, 2.24) is 10.3 Å². The van der Waals surface area contributed by atoms with Crippen molar-refractivity contribution in [1.29, 1.82) is 0 Å². The Bertz CT molecular complexity index is 600. The van der Waals surface area contributed by atoms with E-state index in [-0.39, 0.29) is 5.39 Å². The molecule has 1 aliphatic carbocycles. The lowest BCUT2D eigenvalue weighted by Gasteiger charge is -2.10. The molecular formula is C14H15F3N2. The van der Waals surface area contributed by atoms with E-state index in [2.05, 4.69) is 17.2 Å². The molecule has 0 radical (unpaired) electrons. The lowest BCUT2D eigenvalue weighted by atomic mass is 10.1. The summed E-state index contributed by atoms with van der Waals surface area (Å²) in [6.07, 6.45) is -1.54. The van der Waals surface area contributed by atoms with Crippen LogP contribution in [0.4, 0.5) is 13.2 Å². The van der Waals surface area contributed by atoms with Gasteiger partial charge in [0.2, 0.25) is 0 Å². The maximum atomic E-state index is 13.0. The minimum atomic E-state index is -4.32. The number of aromatic amines is 1. The predicted octanol–water partition coefficient (Wildman–Crippen LogP) is 3.68. The molecule has 0 bridgehead atoms. The van der Waals surface area contributed by atoms with Crippen LogP contribution in [0.1, 0.15) is 24.5 Å². The van der Waals surface area contributed by atoms with Crippen LogP contribution >= 0.6 is 0 Å². The first-order chi connectivity index (χ1) is 8.97. The highest BCUT2D eigenvalue weighted by atomic mass is 19.4. The van der Waals surface area contributed by atoms with Crippen LogP contribution in [0, 0.1) is 5.92 Å². The van der Waals surface area contributed by atoms with Gasteiger partial charge in [0.15, 0.2) is 0 Å². The van der Waals surface area contributed by atoms with E-state index in [0.717, 1.165) is 12.5 Å². The molecule has 1 aromatic carbocycles. The first-order valence-corrected chi connectivity index (χ1v) is 6.36. The molecule has 102 valence electrons. The fourth-order valence-electron chi connectivity index (χ4n) is 2.48. The lowest BCUT2D eigenvalue weighted by molar-refractivity contribution is -0.136. The van der Waals surface area contributed by atoms with Crippen LogP contribution in [0.3, 0.4) is 0 Å². The third kappa shape index (κ3) is 2.34. The fourth-order valence-corrected chi connectivity index (χ4v) is 2.48. The van der Waals surface area contributed by atoms with Gasteiger partial charge in [-0.1, -0.05) is 13.0 Å². The van der Waals surface area contributed by atoms with Gasteiger partial charge in [-0.25, -0.2) is 0 Å². The highest BCUT2D eigenvalue weighted by molar-refractivity contribution is 5.87. The summed E-state index contributed by atoms with van der Waals surface area (Å²) in [5.74, 6) is 0.632. The van der Waals surface area contributed by atoms with E-state index >= 15 is 0 Å². The molecule has 3 rings (SSSR count). The summed E-state index contributed by atoms with van der Waals surface area (Å²) in [6, 6.07) is 4.69.